The summed E-state index contributed by atoms with van der Waals surface area (Å²) in [7, 11) is -0.507. The van der Waals surface area contributed by atoms with Gasteiger partial charge in [-0.1, -0.05) is 0 Å². The van der Waals surface area contributed by atoms with Crippen molar-refractivity contribution in [3.63, 3.8) is 0 Å². The number of hydrogen-bond donors (Lipinski definition) is 1. The van der Waals surface area contributed by atoms with Gasteiger partial charge in [0.15, 0.2) is 11.6 Å². The van der Waals surface area contributed by atoms with Gasteiger partial charge in [0.25, 0.3) is 15.9 Å². The third-order valence-electron chi connectivity index (χ3n) is 5.41. The summed E-state index contributed by atoms with van der Waals surface area (Å²) in [5.74, 6) is 0.412. The number of carbonyl (C=O) groups is 2. The first-order chi connectivity index (χ1) is 15.7. The number of aromatic nitrogens is 2. The first-order valence-electron chi connectivity index (χ1n) is 10.5. The molecule has 1 saturated heterocycles. The van der Waals surface area contributed by atoms with Gasteiger partial charge in [0.1, 0.15) is 11.6 Å². The maximum atomic E-state index is 12.4. The lowest BCUT2D eigenvalue weighted by atomic mass is 10.2. The number of esters is 1. The molecular formula is C21H29N5O6S. The predicted molar refractivity (Wildman–Crippen MR) is 120 cm³/mol. The van der Waals surface area contributed by atoms with Gasteiger partial charge in [0.05, 0.1) is 13.5 Å². The molecule has 1 fully saturated rings. The van der Waals surface area contributed by atoms with Crippen LogP contribution in [0.15, 0.2) is 35.5 Å². The minimum Gasteiger partial charge on any atom is -0.497 e. The molecule has 0 saturated carbocycles. The monoisotopic (exact) mass is 479 g/mol. The lowest BCUT2D eigenvalue weighted by molar-refractivity contribution is -0.152. The Morgan fingerprint density at radius 3 is 2.36 bits per heavy atom. The fourth-order valence-electron chi connectivity index (χ4n) is 3.33. The number of carbonyl (C=O) groups excluding carboxylic acids is 2. The molecule has 0 radical (unpaired) electrons. The van der Waals surface area contributed by atoms with E-state index in [1.54, 1.807) is 30.5 Å². The van der Waals surface area contributed by atoms with Crippen LogP contribution in [0.25, 0.3) is 0 Å². The Morgan fingerprint density at radius 1 is 1.12 bits per heavy atom. The number of rotatable bonds is 9. The van der Waals surface area contributed by atoms with E-state index in [9.17, 15) is 18.0 Å². The summed E-state index contributed by atoms with van der Waals surface area (Å²) in [6, 6.07) is 7.73. The molecule has 1 amide bonds. The first-order valence-corrected chi connectivity index (χ1v) is 12.0. The molecule has 12 heteroatoms. The second-order valence-electron chi connectivity index (χ2n) is 7.61. The van der Waals surface area contributed by atoms with Crippen molar-refractivity contribution >= 4 is 27.6 Å². The topological polar surface area (TPSA) is 123 Å². The van der Waals surface area contributed by atoms with Crippen LogP contribution in [0.1, 0.15) is 12.2 Å². The molecule has 2 aromatic rings. The Kier molecular flexibility index (Phi) is 7.92. The number of imidazole rings is 1. The van der Waals surface area contributed by atoms with Crippen LogP contribution in [0, 0.1) is 6.92 Å². The predicted octanol–water partition coefficient (Wildman–Crippen LogP) is 0.298. The molecule has 0 aliphatic carbocycles. The second-order valence-corrected chi connectivity index (χ2v) is 9.33. The van der Waals surface area contributed by atoms with E-state index in [-0.39, 0.29) is 30.5 Å². The van der Waals surface area contributed by atoms with Crippen LogP contribution in [0.3, 0.4) is 0 Å². The standard InChI is InChI=1S/C21H29N5O6S/c1-16-23-19(14-24(16)2)33(29,30)22-9-8-21(28)32-15-20(27)26-12-10-25(11-13-26)17-4-6-18(31-3)7-5-17/h4-7,14,22H,8-13,15H2,1-3H3. The first kappa shape index (κ1) is 24.5. The largest absolute Gasteiger partial charge is 0.497 e. The molecule has 11 nitrogen and oxygen atoms in total. The average molecular weight is 480 g/mol. The summed E-state index contributed by atoms with van der Waals surface area (Å²) in [6.45, 7) is 3.55. The number of benzene rings is 1. The second kappa shape index (κ2) is 10.7. The molecule has 1 aliphatic heterocycles. The number of ether oxygens (including phenoxy) is 2. The zero-order valence-electron chi connectivity index (χ0n) is 19.0. The highest BCUT2D eigenvalue weighted by Gasteiger charge is 2.23. The molecular weight excluding hydrogens is 450 g/mol. The number of amides is 1. The molecule has 1 aromatic carbocycles. The fraction of sp³-hybridized carbons (Fsp3) is 0.476. The molecule has 1 aliphatic rings. The van der Waals surface area contributed by atoms with E-state index < -0.39 is 16.0 Å². The van der Waals surface area contributed by atoms with E-state index in [1.165, 1.54) is 6.20 Å². The summed E-state index contributed by atoms with van der Waals surface area (Å²) >= 11 is 0. The smallest absolute Gasteiger partial charge is 0.307 e. The third-order valence-corrected chi connectivity index (χ3v) is 6.74. The zero-order chi connectivity index (χ0) is 24.0. The lowest BCUT2D eigenvalue weighted by Crippen LogP contribution is -2.49. The van der Waals surface area contributed by atoms with Gasteiger partial charge in [-0.05, 0) is 31.2 Å². The number of aryl methyl sites for hydroxylation is 2. The normalized spacial score (nSPS) is 14.3. The summed E-state index contributed by atoms with van der Waals surface area (Å²) in [6.07, 6.45) is 1.20. The molecule has 0 unspecified atom stereocenters. The van der Waals surface area contributed by atoms with Crippen molar-refractivity contribution in [2.24, 2.45) is 7.05 Å². The number of sulfonamides is 1. The minimum atomic E-state index is -3.81. The van der Waals surface area contributed by atoms with Gasteiger partial charge >= 0.3 is 5.97 Å². The van der Waals surface area contributed by atoms with E-state index in [2.05, 4.69) is 14.6 Å². The van der Waals surface area contributed by atoms with Crippen molar-refractivity contribution in [1.82, 2.24) is 19.2 Å². The summed E-state index contributed by atoms with van der Waals surface area (Å²) in [5, 5.41) is -0.111. The van der Waals surface area contributed by atoms with Crippen molar-refractivity contribution in [2.75, 3.05) is 51.3 Å². The van der Waals surface area contributed by atoms with E-state index in [4.69, 9.17) is 9.47 Å². The van der Waals surface area contributed by atoms with Gasteiger partial charge in [-0.15, -0.1) is 0 Å². The molecule has 3 rings (SSSR count). The average Bonchev–Trinajstić information content (AvgIpc) is 3.16. The Morgan fingerprint density at radius 2 is 1.79 bits per heavy atom. The number of methoxy groups -OCH3 is 1. The van der Waals surface area contributed by atoms with Crippen LogP contribution in [-0.4, -0.2) is 81.2 Å². The fourth-order valence-corrected chi connectivity index (χ4v) is 4.40. The molecule has 0 atom stereocenters. The summed E-state index contributed by atoms with van der Waals surface area (Å²) < 4.78 is 38.5. The van der Waals surface area contributed by atoms with Gasteiger partial charge < -0.3 is 23.8 Å². The third kappa shape index (κ3) is 6.45. The van der Waals surface area contributed by atoms with Gasteiger partial charge in [-0.3, -0.25) is 9.59 Å². The van der Waals surface area contributed by atoms with Crippen molar-refractivity contribution in [1.29, 1.82) is 0 Å². The van der Waals surface area contributed by atoms with Crippen LogP contribution < -0.4 is 14.4 Å². The van der Waals surface area contributed by atoms with E-state index >= 15 is 0 Å². The van der Waals surface area contributed by atoms with E-state index in [0.717, 1.165) is 11.4 Å². The SMILES string of the molecule is COc1ccc(N2CCN(C(=O)COC(=O)CCNS(=O)(=O)c3cn(C)c(C)n3)CC2)cc1. The minimum absolute atomic E-state index is 0.111. The van der Waals surface area contributed by atoms with E-state index in [0.29, 0.717) is 32.0 Å². The number of nitrogens with zero attached hydrogens (tertiary/aromatic N) is 4. The maximum absolute atomic E-state index is 12.4. The van der Waals surface area contributed by atoms with Crippen LogP contribution in [0.4, 0.5) is 5.69 Å². The quantitative estimate of drug-likeness (QED) is 0.510. The van der Waals surface area contributed by atoms with Crippen molar-refractivity contribution in [3.8, 4) is 5.75 Å². The molecule has 2 heterocycles. The Hall–Kier alpha value is -3.12. The number of nitrogens with one attached hydrogen (secondary N) is 1. The van der Waals surface area contributed by atoms with Gasteiger partial charge in [0, 0.05) is 51.7 Å². The van der Waals surface area contributed by atoms with Crippen molar-refractivity contribution < 1.29 is 27.5 Å². The van der Waals surface area contributed by atoms with Crippen LogP contribution in [0.2, 0.25) is 0 Å². The summed E-state index contributed by atoms with van der Waals surface area (Å²) in [4.78, 5) is 32.1. The number of piperazine rings is 1. The number of hydrogen-bond acceptors (Lipinski definition) is 8. The Balaban J connectivity index is 1.37. The van der Waals surface area contributed by atoms with Crippen molar-refractivity contribution in [2.45, 2.75) is 18.4 Å². The molecule has 180 valence electrons. The van der Waals surface area contributed by atoms with Crippen LogP contribution in [0.5, 0.6) is 5.75 Å². The highest BCUT2D eigenvalue weighted by atomic mass is 32.2. The van der Waals surface area contributed by atoms with Crippen LogP contribution in [-0.2, 0) is 31.4 Å². The summed E-state index contributed by atoms with van der Waals surface area (Å²) in [5.41, 5.74) is 1.05. The highest BCUT2D eigenvalue weighted by Crippen LogP contribution is 2.20. The molecule has 1 N–H and O–H groups in total. The van der Waals surface area contributed by atoms with Gasteiger partial charge in [-0.2, -0.15) is 0 Å². The lowest BCUT2D eigenvalue weighted by Gasteiger charge is -2.36. The Bertz CT molecular complexity index is 1060. The zero-order valence-corrected chi connectivity index (χ0v) is 19.8. The maximum Gasteiger partial charge on any atom is 0.307 e. The molecule has 33 heavy (non-hydrogen) atoms. The van der Waals surface area contributed by atoms with Crippen molar-refractivity contribution in [3.05, 3.63) is 36.3 Å². The van der Waals surface area contributed by atoms with E-state index in [1.807, 2.05) is 24.3 Å². The van der Waals surface area contributed by atoms with Gasteiger partial charge in [0.2, 0.25) is 0 Å². The van der Waals surface area contributed by atoms with Crippen LogP contribution >= 0.6 is 0 Å². The highest BCUT2D eigenvalue weighted by molar-refractivity contribution is 7.89. The molecule has 1 aromatic heterocycles. The number of anilines is 1. The Labute approximate surface area is 193 Å². The van der Waals surface area contributed by atoms with Gasteiger partial charge in [-0.25, -0.2) is 18.1 Å². The molecule has 0 bridgehead atoms. The molecule has 0 spiro atoms.